The predicted molar refractivity (Wildman–Crippen MR) is 99.0 cm³/mol. The highest BCUT2D eigenvalue weighted by atomic mass is 32.2. The number of fused-ring (bicyclic) bond motifs is 1. The summed E-state index contributed by atoms with van der Waals surface area (Å²) in [6.07, 6.45) is 0. The molecule has 1 amide bonds. The summed E-state index contributed by atoms with van der Waals surface area (Å²) in [7, 11) is -4.43. The van der Waals surface area contributed by atoms with E-state index < -0.39 is 16.0 Å². The van der Waals surface area contributed by atoms with Gasteiger partial charge in [0.2, 0.25) is 0 Å². The summed E-state index contributed by atoms with van der Waals surface area (Å²) in [4.78, 5) is 12.2. The van der Waals surface area contributed by atoms with Gasteiger partial charge in [0.1, 0.15) is 5.75 Å². The maximum atomic E-state index is 12.6. The van der Waals surface area contributed by atoms with Crippen molar-refractivity contribution >= 4 is 38.2 Å². The molecule has 0 radical (unpaired) electrons. The second-order valence-corrected chi connectivity index (χ2v) is 7.28. The molecule has 0 saturated carbocycles. The molecule has 3 rings (SSSR count). The Hall–Kier alpha value is -3.10. The standard InChI is InChI=1S/C18H16N2O5S/c1-10-2-5-15(19)14(8-10)18(22)20-16-6-7-17(21)12-4-3-11(9-13(12)16)26(23,24)25/h2-9,21H,19H2,1H3,(H,20,22)(H,23,24,25). The van der Waals surface area contributed by atoms with Crippen LogP contribution in [0.15, 0.2) is 53.4 Å². The number of phenolic OH excluding ortho intramolecular Hbond substituents is 1. The number of nitrogen functional groups attached to an aromatic ring is 1. The van der Waals surface area contributed by atoms with E-state index in [1.54, 1.807) is 18.2 Å². The number of aryl methyl sites for hydroxylation is 1. The number of amides is 1. The number of hydrogen-bond donors (Lipinski definition) is 4. The lowest BCUT2D eigenvalue weighted by Crippen LogP contribution is -2.14. The van der Waals surface area contributed by atoms with Crippen molar-refractivity contribution in [3.8, 4) is 5.75 Å². The second-order valence-electron chi connectivity index (χ2n) is 5.86. The van der Waals surface area contributed by atoms with Crippen LogP contribution in [0, 0.1) is 6.92 Å². The Kier molecular flexibility index (Phi) is 4.31. The van der Waals surface area contributed by atoms with Crippen LogP contribution < -0.4 is 11.1 Å². The topological polar surface area (TPSA) is 130 Å². The monoisotopic (exact) mass is 372 g/mol. The summed E-state index contributed by atoms with van der Waals surface area (Å²) < 4.78 is 32.0. The summed E-state index contributed by atoms with van der Waals surface area (Å²) in [5.74, 6) is -0.564. The molecule has 8 heteroatoms. The molecule has 0 unspecified atom stereocenters. The number of rotatable bonds is 3. The molecule has 3 aromatic rings. The maximum absolute atomic E-state index is 12.6. The van der Waals surface area contributed by atoms with Crippen LogP contribution in [0.25, 0.3) is 10.8 Å². The first-order chi connectivity index (χ1) is 12.2. The van der Waals surface area contributed by atoms with Crippen molar-refractivity contribution in [1.29, 1.82) is 0 Å². The Morgan fingerprint density at radius 2 is 1.77 bits per heavy atom. The van der Waals surface area contributed by atoms with Crippen LogP contribution in [0.1, 0.15) is 15.9 Å². The fourth-order valence-corrected chi connectivity index (χ4v) is 3.14. The lowest BCUT2D eigenvalue weighted by molar-refractivity contribution is 0.102. The van der Waals surface area contributed by atoms with E-state index in [0.717, 1.165) is 5.56 Å². The fraction of sp³-hybridized carbons (Fsp3) is 0.0556. The minimum atomic E-state index is -4.43. The van der Waals surface area contributed by atoms with E-state index in [-0.39, 0.29) is 27.3 Å². The Balaban J connectivity index is 2.11. The van der Waals surface area contributed by atoms with Gasteiger partial charge in [-0.1, -0.05) is 11.6 Å². The van der Waals surface area contributed by atoms with Crippen molar-refractivity contribution in [2.24, 2.45) is 0 Å². The SMILES string of the molecule is Cc1ccc(N)c(C(=O)Nc2ccc(O)c3ccc(S(=O)(=O)O)cc23)c1. The van der Waals surface area contributed by atoms with E-state index in [2.05, 4.69) is 5.32 Å². The molecule has 7 nitrogen and oxygen atoms in total. The minimum Gasteiger partial charge on any atom is -0.507 e. The zero-order valence-electron chi connectivity index (χ0n) is 13.7. The average molecular weight is 372 g/mol. The normalized spacial score (nSPS) is 11.5. The molecule has 0 saturated heterocycles. The number of anilines is 2. The van der Waals surface area contributed by atoms with Gasteiger partial charge in [-0.3, -0.25) is 9.35 Å². The highest BCUT2D eigenvalue weighted by molar-refractivity contribution is 7.85. The first-order valence-corrected chi connectivity index (χ1v) is 9.01. The third-order valence-corrected chi connectivity index (χ3v) is 4.81. The highest BCUT2D eigenvalue weighted by Crippen LogP contribution is 2.33. The Morgan fingerprint density at radius 1 is 1.04 bits per heavy atom. The molecule has 5 N–H and O–H groups in total. The molecular formula is C18H16N2O5S. The molecule has 0 heterocycles. The number of benzene rings is 3. The number of nitrogens with one attached hydrogen (secondary N) is 1. The first kappa shape index (κ1) is 17.7. The van der Waals surface area contributed by atoms with Crippen LogP contribution in [0.4, 0.5) is 11.4 Å². The number of carbonyl (C=O) groups is 1. The van der Waals surface area contributed by atoms with Crippen molar-refractivity contribution in [1.82, 2.24) is 0 Å². The van der Waals surface area contributed by atoms with Gasteiger partial charge in [-0.15, -0.1) is 0 Å². The molecule has 0 spiro atoms. The Bertz CT molecular complexity index is 1140. The molecule has 3 aromatic carbocycles. The van der Waals surface area contributed by atoms with Gasteiger partial charge >= 0.3 is 0 Å². The molecule has 0 aliphatic heterocycles. The molecule has 134 valence electrons. The minimum absolute atomic E-state index is 0.0880. The van der Waals surface area contributed by atoms with Crippen molar-refractivity contribution in [3.05, 3.63) is 59.7 Å². The third-order valence-electron chi connectivity index (χ3n) is 3.96. The number of nitrogens with two attached hydrogens (primary N) is 1. The number of carbonyl (C=O) groups excluding carboxylic acids is 1. The van der Waals surface area contributed by atoms with Gasteiger partial charge < -0.3 is 16.2 Å². The van der Waals surface area contributed by atoms with Gasteiger partial charge in [-0.25, -0.2) is 0 Å². The molecule has 26 heavy (non-hydrogen) atoms. The van der Waals surface area contributed by atoms with Gasteiger partial charge in [-0.2, -0.15) is 8.42 Å². The van der Waals surface area contributed by atoms with E-state index in [4.69, 9.17) is 5.73 Å². The lowest BCUT2D eigenvalue weighted by Gasteiger charge is -2.12. The Morgan fingerprint density at radius 3 is 2.46 bits per heavy atom. The summed E-state index contributed by atoms with van der Waals surface area (Å²) in [6, 6.07) is 11.6. The molecule has 0 atom stereocenters. The number of phenols is 1. The van der Waals surface area contributed by atoms with E-state index in [0.29, 0.717) is 11.1 Å². The maximum Gasteiger partial charge on any atom is 0.294 e. The van der Waals surface area contributed by atoms with Crippen LogP contribution in [0.2, 0.25) is 0 Å². The molecule has 0 bridgehead atoms. The van der Waals surface area contributed by atoms with Gasteiger partial charge in [0, 0.05) is 22.1 Å². The van der Waals surface area contributed by atoms with E-state index in [9.17, 15) is 22.9 Å². The molecule has 0 fully saturated rings. The molecule has 0 aliphatic rings. The second kappa shape index (κ2) is 6.32. The summed E-state index contributed by atoms with van der Waals surface area (Å²) in [5, 5.41) is 13.2. The van der Waals surface area contributed by atoms with Crippen LogP contribution in [-0.2, 0) is 10.1 Å². The van der Waals surface area contributed by atoms with E-state index in [1.807, 2.05) is 6.92 Å². The van der Waals surface area contributed by atoms with Crippen molar-refractivity contribution in [3.63, 3.8) is 0 Å². The van der Waals surface area contributed by atoms with Crippen LogP contribution in [-0.4, -0.2) is 24.0 Å². The number of hydrogen-bond acceptors (Lipinski definition) is 5. The van der Waals surface area contributed by atoms with Crippen LogP contribution >= 0.6 is 0 Å². The number of aromatic hydroxyl groups is 1. The average Bonchev–Trinajstić information content (AvgIpc) is 2.58. The first-order valence-electron chi connectivity index (χ1n) is 7.57. The van der Waals surface area contributed by atoms with E-state index in [1.165, 1.54) is 30.3 Å². The summed E-state index contributed by atoms with van der Waals surface area (Å²) >= 11 is 0. The summed E-state index contributed by atoms with van der Waals surface area (Å²) in [6.45, 7) is 1.82. The molecule has 0 aromatic heterocycles. The van der Waals surface area contributed by atoms with Crippen molar-refractivity contribution in [2.75, 3.05) is 11.1 Å². The smallest absolute Gasteiger partial charge is 0.294 e. The predicted octanol–water partition coefficient (Wildman–Crippen LogP) is 2.94. The third kappa shape index (κ3) is 3.32. The largest absolute Gasteiger partial charge is 0.507 e. The fourth-order valence-electron chi connectivity index (χ4n) is 2.64. The highest BCUT2D eigenvalue weighted by Gasteiger charge is 2.16. The quantitative estimate of drug-likeness (QED) is 0.318. The zero-order chi connectivity index (χ0) is 19.1. The molecular weight excluding hydrogens is 356 g/mol. The summed E-state index contributed by atoms with van der Waals surface area (Å²) in [5.41, 5.74) is 7.55. The van der Waals surface area contributed by atoms with Gasteiger partial charge in [0.25, 0.3) is 16.0 Å². The van der Waals surface area contributed by atoms with Crippen LogP contribution in [0.5, 0.6) is 5.75 Å². The van der Waals surface area contributed by atoms with Crippen molar-refractivity contribution < 1.29 is 22.9 Å². The van der Waals surface area contributed by atoms with Crippen LogP contribution in [0.3, 0.4) is 0 Å². The van der Waals surface area contributed by atoms with Gasteiger partial charge in [0.15, 0.2) is 0 Å². The lowest BCUT2D eigenvalue weighted by atomic mass is 10.1. The molecule has 0 aliphatic carbocycles. The zero-order valence-corrected chi connectivity index (χ0v) is 14.5. The van der Waals surface area contributed by atoms with Gasteiger partial charge in [0.05, 0.1) is 10.5 Å². The van der Waals surface area contributed by atoms with Crippen molar-refractivity contribution in [2.45, 2.75) is 11.8 Å². The van der Waals surface area contributed by atoms with E-state index >= 15 is 0 Å². The van der Waals surface area contributed by atoms with Gasteiger partial charge in [-0.05, 0) is 49.4 Å². The Labute approximate surface area is 149 Å².